The molecular formula is C98H154N24O20. The number of rotatable bonds is 58. The quantitative estimate of drug-likeness (QED) is 0.0169. The average molecular weight is 1990 g/mol. The van der Waals surface area contributed by atoms with Crippen molar-refractivity contribution in [1.29, 1.82) is 0 Å². The number of hydrogen-bond acceptors (Lipinski definition) is 26. The lowest BCUT2D eigenvalue weighted by Gasteiger charge is -2.29. The predicted molar refractivity (Wildman–Crippen MR) is 531 cm³/mol. The van der Waals surface area contributed by atoms with E-state index >= 15 is 0 Å². The summed E-state index contributed by atoms with van der Waals surface area (Å²) in [6, 6.07) is 4.32. The van der Waals surface area contributed by atoms with E-state index in [0.29, 0.717) is 88.6 Å². The molecular weight excluding hydrogens is 1830 g/mol. The first-order valence-electron chi connectivity index (χ1n) is 50.2. The van der Waals surface area contributed by atoms with Crippen LogP contribution in [0.25, 0.3) is 10.9 Å². The Kier molecular flexibility index (Phi) is 56.4. The molecule has 12 atom stereocenters. The molecule has 7 rings (SSSR count). The lowest BCUT2D eigenvalue weighted by molar-refractivity contribution is -0.142. The maximum Gasteiger partial charge on any atom is 0.246 e. The summed E-state index contributed by atoms with van der Waals surface area (Å²) < 4.78 is 10.8. The molecule has 14 amide bonds. The number of aliphatic hydroxyl groups is 2. The molecule has 142 heavy (non-hydrogen) atoms. The van der Waals surface area contributed by atoms with Gasteiger partial charge in [-0.15, -0.1) is 10.2 Å². The van der Waals surface area contributed by atoms with Gasteiger partial charge < -0.3 is 116 Å². The second-order valence-corrected chi connectivity index (χ2v) is 36.3. The molecule has 44 nitrogen and oxygen atoms in total. The third kappa shape index (κ3) is 46.5. The molecule has 2 aromatic carbocycles. The summed E-state index contributed by atoms with van der Waals surface area (Å²) in [5.74, 6) is -9.47. The van der Waals surface area contributed by atoms with Gasteiger partial charge in [-0.25, -0.2) is 0 Å². The number of Topliss-reactive ketones (excluding diaryl/α,β-unsaturated/α-hetero) is 2. The highest BCUT2D eigenvalue weighted by molar-refractivity contribution is 6.00. The molecule has 5 heterocycles. The molecule has 24 N–H and O–H groups in total. The number of aryl methyl sites for hydroxylation is 1. The lowest BCUT2D eigenvalue weighted by Crippen LogP contribution is -2.59. The highest BCUT2D eigenvalue weighted by Crippen LogP contribution is 2.26. The van der Waals surface area contributed by atoms with Crippen LogP contribution in [0.15, 0.2) is 82.6 Å². The van der Waals surface area contributed by atoms with Crippen LogP contribution in [0.1, 0.15) is 256 Å². The Bertz CT molecular complexity index is 4700. The van der Waals surface area contributed by atoms with Crippen molar-refractivity contribution in [2.24, 2.45) is 38.8 Å². The Hall–Kier alpha value is -12.5. The first kappa shape index (κ1) is 118. The van der Waals surface area contributed by atoms with Crippen molar-refractivity contribution >= 4 is 117 Å². The molecule has 0 saturated carbocycles. The molecule has 2 saturated heterocycles. The van der Waals surface area contributed by atoms with Crippen molar-refractivity contribution in [2.45, 2.75) is 325 Å². The molecule has 0 bridgehead atoms. The van der Waals surface area contributed by atoms with E-state index in [-0.39, 0.29) is 139 Å². The number of nitrogens with zero attached hydrogens (tertiary/aromatic N) is 6. The first-order chi connectivity index (χ1) is 68.4. The van der Waals surface area contributed by atoms with Gasteiger partial charge in [-0.2, -0.15) is 5.21 Å². The summed E-state index contributed by atoms with van der Waals surface area (Å²) in [4.78, 5) is 226. The van der Waals surface area contributed by atoms with Crippen molar-refractivity contribution in [2.75, 3.05) is 72.8 Å². The number of fused-ring (bicyclic) bond motifs is 2. The molecule has 0 aliphatic carbocycles. The number of aromatic nitrogens is 5. The van der Waals surface area contributed by atoms with E-state index < -0.39 is 163 Å². The minimum absolute atomic E-state index is 0.0144. The number of tetrazole rings is 1. The largest absolute Gasteiger partial charge is 0.394 e. The normalized spacial score (nSPS) is 18.8. The number of allylic oxidation sites excluding steroid dienone is 1. The van der Waals surface area contributed by atoms with Crippen molar-refractivity contribution in [3.05, 3.63) is 89.5 Å². The highest BCUT2D eigenvalue weighted by Gasteiger charge is 2.43. The van der Waals surface area contributed by atoms with Crippen LogP contribution >= 0.6 is 0 Å². The number of aliphatic hydroxyl groups excluding tert-OH is 2. The fourth-order valence-electron chi connectivity index (χ4n) is 16.5. The number of guanidine groups is 1. The smallest absolute Gasteiger partial charge is 0.246 e. The minimum atomic E-state index is -1.62. The number of benzene rings is 2. The number of carbonyl (C=O) groups is 16. The van der Waals surface area contributed by atoms with Gasteiger partial charge in [-0.05, 0) is 108 Å². The Balaban J connectivity index is 0.000000448. The number of nitrogens with two attached hydrogens (primary N) is 4. The van der Waals surface area contributed by atoms with Crippen LogP contribution in [0.4, 0.5) is 0 Å². The van der Waals surface area contributed by atoms with Gasteiger partial charge in [0.05, 0.1) is 45.1 Å². The second-order valence-electron chi connectivity index (χ2n) is 36.3. The van der Waals surface area contributed by atoms with Gasteiger partial charge in [0.15, 0.2) is 17.6 Å². The van der Waals surface area contributed by atoms with Crippen LogP contribution in [-0.4, -0.2) is 286 Å². The van der Waals surface area contributed by atoms with Crippen molar-refractivity contribution in [1.82, 2.24) is 94.3 Å². The number of ether oxygens (including phenoxy) is 2. The van der Waals surface area contributed by atoms with Crippen LogP contribution < -0.4 is 86.7 Å². The van der Waals surface area contributed by atoms with E-state index in [4.69, 9.17) is 32.4 Å². The molecule has 3 aliphatic rings. The van der Waals surface area contributed by atoms with E-state index in [2.05, 4.69) is 99.4 Å². The zero-order valence-corrected chi connectivity index (χ0v) is 82.8. The number of ketones is 2. The molecule has 0 spiro atoms. The van der Waals surface area contributed by atoms with E-state index in [0.717, 1.165) is 60.8 Å². The summed E-state index contributed by atoms with van der Waals surface area (Å²) in [5, 5.41) is 67.3. The van der Waals surface area contributed by atoms with Crippen LogP contribution in [0.2, 0.25) is 0 Å². The third-order valence-corrected chi connectivity index (χ3v) is 24.7. The number of carbonyl (C=O) groups excluding carboxylic acids is 16. The highest BCUT2D eigenvalue weighted by atomic mass is 16.5. The summed E-state index contributed by atoms with van der Waals surface area (Å²) in [5.41, 5.74) is 24.9. The average Bonchev–Trinajstić information content (AvgIpc) is 1.67. The van der Waals surface area contributed by atoms with Gasteiger partial charge in [0.2, 0.25) is 82.7 Å². The van der Waals surface area contributed by atoms with E-state index in [1.54, 1.807) is 55.7 Å². The van der Waals surface area contributed by atoms with Gasteiger partial charge in [-0.1, -0.05) is 170 Å². The van der Waals surface area contributed by atoms with E-state index in [1.807, 2.05) is 31.2 Å². The zero-order chi connectivity index (χ0) is 103. The maximum absolute atomic E-state index is 14.4. The van der Waals surface area contributed by atoms with Crippen LogP contribution in [-0.2, 0) is 105 Å². The molecule has 2 fully saturated rings. The standard InChI is InChI=1S/C53H93N15O12.C45H61N9O8/c1-3-4-22-39(49(74)56-2)61-50(75)40(23-18-19-28-54)62-52(77)42(34-38-21-20-29-57-38)64-51(76)41(26-27-44(55)70)63-53(78)43(36-69)60-47(72)35-59-48(73)37-80-33-32-79-31-30-58-46(71)25-17-15-13-11-9-7-5-6-8-10-12-14-16-24-45-65-67-68-66-45;1-27-19-20-31(56)14-7-4-8-16-34(28(2)55)50-42(60)38(23-30-25-49-35-17-10-9-15-33(30)35)52-40(58)36(18-11-21-48-45(46)47)51-41(59)37(22-29-12-5-3-6-13-29)53-43(61)39-24-32(57)26-54(39)44(27)62/h21,29,39-43,69H,3-20,22-28,30-37,54H2,1-2H3,(H2,55,70)(H,56,74)(H,58,71)(H,59,73)(H,60,72)(H,61,75)(H,62,77)(H,63,78)(H,64,76)(H,65,66,67,68);3,5-6,9-10,12-13,15,17,25,27,32,34,36-39,49,57H,4,7-8,11,14,16,18-24,26H2,1-2H3,(H,50,60)(H,51,59)(H,52,58)(H,53,61)(H4,46,47,48)/t39-,40-,41-,42-,43-;27-,32+,34-,36-,37+,38-,39-/m00/s1. The molecule has 786 valence electrons. The summed E-state index contributed by atoms with van der Waals surface area (Å²) in [6.45, 7) is 4.23. The van der Waals surface area contributed by atoms with Gasteiger partial charge in [0, 0.05) is 126 Å². The molecule has 3 aliphatic heterocycles. The van der Waals surface area contributed by atoms with Gasteiger partial charge >= 0.3 is 0 Å². The first-order valence-corrected chi connectivity index (χ1v) is 50.2. The van der Waals surface area contributed by atoms with Gasteiger partial charge in [0.1, 0.15) is 66.8 Å². The van der Waals surface area contributed by atoms with Crippen LogP contribution in [0.3, 0.4) is 0 Å². The number of hydrogen-bond donors (Lipinski definition) is 20. The van der Waals surface area contributed by atoms with Gasteiger partial charge in [-0.3, -0.25) is 86.7 Å². The second kappa shape index (κ2) is 67.8. The monoisotopic (exact) mass is 1990 g/mol. The van der Waals surface area contributed by atoms with E-state index in [9.17, 15) is 86.9 Å². The van der Waals surface area contributed by atoms with Crippen molar-refractivity contribution in [3.63, 3.8) is 0 Å². The van der Waals surface area contributed by atoms with Crippen molar-refractivity contribution in [3.8, 4) is 0 Å². The minimum Gasteiger partial charge on any atom is -0.394 e. The Morgan fingerprint density at radius 3 is 1.87 bits per heavy atom. The zero-order valence-electron chi connectivity index (χ0n) is 82.8. The summed E-state index contributed by atoms with van der Waals surface area (Å²) in [6.07, 6.45) is 26.3. The number of likely N-dealkylation sites (N-methyl/N-ethyl adjacent to an activating group) is 1. The molecule has 4 aromatic rings. The molecule has 2 aromatic heterocycles. The summed E-state index contributed by atoms with van der Waals surface area (Å²) >= 11 is 0. The molecule has 0 radical (unpaired) electrons. The maximum atomic E-state index is 14.4. The fourth-order valence-corrected chi connectivity index (χ4v) is 16.5. The van der Waals surface area contributed by atoms with Crippen LogP contribution in [0, 0.1) is 5.92 Å². The molecule has 0 unspecified atom stereocenters. The van der Waals surface area contributed by atoms with Crippen LogP contribution in [0.5, 0.6) is 0 Å². The number of H-pyrrole nitrogens is 2. The van der Waals surface area contributed by atoms with Gasteiger partial charge in [0.25, 0.3) is 0 Å². The summed E-state index contributed by atoms with van der Waals surface area (Å²) in [7, 11) is 1.45. The number of para-hydroxylation sites is 1. The number of amides is 14. The topological polar surface area (TPSA) is 679 Å². The Morgan fingerprint density at radius 1 is 0.606 bits per heavy atom. The van der Waals surface area contributed by atoms with Crippen molar-refractivity contribution < 1.29 is 96.4 Å². The third-order valence-electron chi connectivity index (χ3n) is 24.7. The fraction of sp³-hybridized carbons (Fsp3) is 0.643. The Labute approximate surface area is 830 Å². The number of unbranched alkanes of at least 4 members (excludes halogenated alkanes) is 14. The van der Waals surface area contributed by atoms with E-state index in [1.165, 1.54) is 76.7 Å². The lowest BCUT2D eigenvalue weighted by atomic mass is 9.98. The predicted octanol–water partition coefficient (Wildman–Crippen LogP) is 1.41. The SMILES string of the molecule is CC(=O)[C@@H]1CCCCCC(=O)CC[C@H](C)C(=O)N2C[C@H](O)C[C@H]2C(=O)N[C@H](Cc2ccccc2)C(=O)N[C@@H](CCCN=C(N)N)C(=O)N[C@@H](Cc2c[nH]c3ccccc23)C(=O)N1.CCCC[C@H](NC(=O)[C@H](CCCCN)NC(=O)[C@H](CC1=CCC=N1)NC(=O)[C@H](CCC(N)=O)NC(=O)[C@H](CO)NC(=O)CNC(=O)COCCOCCNC(=O)CCCCCCCCCCCCCCCc1nn[nH]n1)C(=O)NC. The molecule has 44 heteroatoms. The number of primary amides is 1. The number of aromatic amines is 2. The Morgan fingerprint density at radius 2 is 1.22 bits per heavy atom. The number of aliphatic imine (C=N–C) groups is 2. The number of nitrogens with one attached hydrogen (secondary N) is 14.